The van der Waals surface area contributed by atoms with Crippen LogP contribution >= 0.6 is 0 Å². The molecule has 0 aromatic heterocycles. The van der Waals surface area contributed by atoms with Crippen LogP contribution in [-0.4, -0.2) is 6.10 Å². The van der Waals surface area contributed by atoms with Crippen LogP contribution in [-0.2, 0) is 6.42 Å². The quantitative estimate of drug-likeness (QED) is 0.234. The second-order valence-corrected chi connectivity index (χ2v) is 12.5. The van der Waals surface area contributed by atoms with E-state index in [2.05, 4.69) is 115 Å². The molecule has 5 aliphatic rings. The fourth-order valence-electron chi connectivity index (χ4n) is 8.72. The number of hydrogen-bond donors (Lipinski definition) is 0. The second-order valence-electron chi connectivity index (χ2n) is 12.5. The molecule has 200 valence electrons. The molecule has 9 rings (SSSR count). The maximum atomic E-state index is 6.55. The lowest BCUT2D eigenvalue weighted by Gasteiger charge is -2.43. The van der Waals surface area contributed by atoms with E-state index in [1.165, 1.54) is 45.0 Å². The molecular formula is C40H34O. The van der Waals surface area contributed by atoms with Gasteiger partial charge < -0.3 is 4.74 Å². The predicted octanol–water partition coefficient (Wildman–Crippen LogP) is 9.80. The highest BCUT2D eigenvalue weighted by Crippen LogP contribution is 2.56. The van der Waals surface area contributed by atoms with Gasteiger partial charge in [0, 0.05) is 28.9 Å². The highest BCUT2D eigenvalue weighted by atomic mass is 16.5. The van der Waals surface area contributed by atoms with Crippen molar-refractivity contribution in [3.8, 4) is 5.75 Å². The molecule has 0 radical (unpaired) electrons. The first-order chi connectivity index (χ1) is 20.3. The van der Waals surface area contributed by atoms with Crippen molar-refractivity contribution in [2.75, 3.05) is 0 Å². The Labute approximate surface area is 242 Å². The van der Waals surface area contributed by atoms with Gasteiger partial charge in [0.2, 0.25) is 0 Å². The molecule has 0 fully saturated rings. The minimum atomic E-state index is 0.179. The van der Waals surface area contributed by atoms with Crippen LogP contribution < -0.4 is 4.74 Å². The van der Waals surface area contributed by atoms with E-state index in [4.69, 9.17) is 4.74 Å². The monoisotopic (exact) mass is 530 g/mol. The average molecular weight is 531 g/mol. The molecule has 1 aliphatic heterocycles. The van der Waals surface area contributed by atoms with Crippen molar-refractivity contribution in [3.05, 3.63) is 143 Å². The van der Waals surface area contributed by atoms with Crippen LogP contribution in [0.5, 0.6) is 5.75 Å². The fourth-order valence-corrected chi connectivity index (χ4v) is 8.72. The topological polar surface area (TPSA) is 9.23 Å². The molecule has 4 aromatic rings. The Hall–Kier alpha value is -4.10. The summed E-state index contributed by atoms with van der Waals surface area (Å²) >= 11 is 0. The fraction of sp³-hybridized carbons (Fsp3) is 0.250. The van der Waals surface area contributed by atoms with Crippen LogP contribution in [0.1, 0.15) is 59.4 Å². The highest BCUT2D eigenvalue weighted by molar-refractivity contribution is 5.99. The largest absolute Gasteiger partial charge is 0.485 e. The number of fused-ring (bicyclic) bond motifs is 8. The van der Waals surface area contributed by atoms with Crippen molar-refractivity contribution in [2.24, 2.45) is 17.8 Å². The van der Waals surface area contributed by atoms with Gasteiger partial charge in [-0.2, -0.15) is 0 Å². The third-order valence-corrected chi connectivity index (χ3v) is 10.5. The van der Waals surface area contributed by atoms with Crippen molar-refractivity contribution in [3.63, 3.8) is 0 Å². The molecule has 0 bridgehead atoms. The Bertz CT molecular complexity index is 1830. The van der Waals surface area contributed by atoms with Crippen LogP contribution in [0.25, 0.3) is 28.0 Å². The summed E-state index contributed by atoms with van der Waals surface area (Å²) in [7, 11) is 0. The molecule has 1 heterocycles. The first-order valence-corrected chi connectivity index (χ1v) is 15.5. The standard InChI is InChI=1S/C40H34O/c1-2-11-27-23-28(18-17-25(27)9-1)38-31-13-5-7-15-33(31)39(34-16-8-6-14-32(34)38)29-20-21-36-35(24-29)40-30-12-4-3-10-26(30)19-22-37(40)41-36/h1-7,9-15,17-19,22,24,28-29,32,36,38H,8,16,20-21,23H2. The number of ether oxygens (including phenoxy) is 1. The van der Waals surface area contributed by atoms with E-state index < -0.39 is 0 Å². The van der Waals surface area contributed by atoms with Crippen molar-refractivity contribution >= 4 is 28.0 Å². The maximum Gasteiger partial charge on any atom is 0.128 e. The second kappa shape index (κ2) is 9.21. The van der Waals surface area contributed by atoms with Crippen molar-refractivity contribution < 1.29 is 4.74 Å². The van der Waals surface area contributed by atoms with Crippen LogP contribution in [0.4, 0.5) is 0 Å². The van der Waals surface area contributed by atoms with E-state index >= 15 is 0 Å². The third kappa shape index (κ3) is 3.61. The van der Waals surface area contributed by atoms with Crippen LogP contribution in [0.3, 0.4) is 0 Å². The summed E-state index contributed by atoms with van der Waals surface area (Å²) in [5, 5.41) is 2.62. The molecule has 4 aromatic carbocycles. The number of benzene rings is 4. The minimum absolute atomic E-state index is 0.179. The summed E-state index contributed by atoms with van der Waals surface area (Å²) in [4.78, 5) is 0. The van der Waals surface area contributed by atoms with Crippen LogP contribution in [0.15, 0.2) is 115 Å². The van der Waals surface area contributed by atoms with E-state index in [-0.39, 0.29) is 6.10 Å². The lowest BCUT2D eigenvalue weighted by atomic mass is 9.60. The Morgan fingerprint density at radius 2 is 1.66 bits per heavy atom. The molecule has 4 aliphatic carbocycles. The molecule has 0 N–H and O–H groups in total. The van der Waals surface area contributed by atoms with E-state index in [0.717, 1.165) is 31.4 Å². The molecule has 41 heavy (non-hydrogen) atoms. The van der Waals surface area contributed by atoms with Gasteiger partial charge in [-0.1, -0.05) is 115 Å². The summed E-state index contributed by atoms with van der Waals surface area (Å²) in [6, 6.07) is 31.5. The van der Waals surface area contributed by atoms with E-state index in [9.17, 15) is 0 Å². The third-order valence-electron chi connectivity index (χ3n) is 10.5. The summed E-state index contributed by atoms with van der Waals surface area (Å²) in [6.07, 6.45) is 18.4. The van der Waals surface area contributed by atoms with Gasteiger partial charge in [-0.05, 0) is 82.7 Å². The summed E-state index contributed by atoms with van der Waals surface area (Å²) < 4.78 is 6.55. The molecule has 5 atom stereocenters. The average Bonchev–Trinajstić information content (AvgIpc) is 3.42. The number of hydrogen-bond acceptors (Lipinski definition) is 1. The molecule has 1 heteroatoms. The highest BCUT2D eigenvalue weighted by Gasteiger charge is 2.42. The zero-order valence-corrected chi connectivity index (χ0v) is 23.3. The van der Waals surface area contributed by atoms with Gasteiger partial charge in [-0.25, -0.2) is 0 Å². The molecular weight excluding hydrogens is 496 g/mol. The van der Waals surface area contributed by atoms with Gasteiger partial charge >= 0.3 is 0 Å². The lowest BCUT2D eigenvalue weighted by Crippen LogP contribution is -2.31. The van der Waals surface area contributed by atoms with Gasteiger partial charge in [0.25, 0.3) is 0 Å². The molecule has 0 saturated heterocycles. The van der Waals surface area contributed by atoms with Crippen LogP contribution in [0, 0.1) is 17.8 Å². The molecule has 5 unspecified atom stereocenters. The zero-order valence-electron chi connectivity index (χ0n) is 23.3. The Kier molecular flexibility index (Phi) is 5.30. The zero-order chi connectivity index (χ0) is 26.9. The van der Waals surface area contributed by atoms with E-state index in [1.54, 1.807) is 16.7 Å². The van der Waals surface area contributed by atoms with Gasteiger partial charge in [0.1, 0.15) is 11.9 Å². The lowest BCUT2D eigenvalue weighted by molar-refractivity contribution is 0.252. The Balaban J connectivity index is 1.18. The normalized spacial score (nSPS) is 27.3. The predicted molar refractivity (Wildman–Crippen MR) is 170 cm³/mol. The van der Waals surface area contributed by atoms with Gasteiger partial charge in [0.15, 0.2) is 0 Å². The molecule has 0 spiro atoms. The Morgan fingerprint density at radius 3 is 2.66 bits per heavy atom. The smallest absolute Gasteiger partial charge is 0.128 e. The summed E-state index contributed by atoms with van der Waals surface area (Å²) in [5.41, 5.74) is 12.0. The molecule has 0 saturated carbocycles. The van der Waals surface area contributed by atoms with Gasteiger partial charge in [0.05, 0.1) is 0 Å². The summed E-state index contributed by atoms with van der Waals surface area (Å²) in [5.74, 6) is 2.94. The van der Waals surface area contributed by atoms with E-state index in [1.807, 2.05) is 0 Å². The molecule has 1 nitrogen and oxygen atoms in total. The van der Waals surface area contributed by atoms with Crippen LogP contribution in [0.2, 0.25) is 0 Å². The van der Waals surface area contributed by atoms with Gasteiger partial charge in [-0.3, -0.25) is 0 Å². The number of rotatable bonds is 2. The number of allylic oxidation sites excluding steroid dienone is 6. The minimum Gasteiger partial charge on any atom is -0.485 e. The maximum absolute atomic E-state index is 6.55. The van der Waals surface area contributed by atoms with Crippen molar-refractivity contribution in [1.82, 2.24) is 0 Å². The SMILES string of the molecule is C1=CC2C(=C(C3C=C4c5c(ccc6ccccc56)OC4CC3)c3ccccc3C2C2C=Cc3ccccc3C2)CC1. The van der Waals surface area contributed by atoms with E-state index in [0.29, 0.717) is 23.7 Å². The summed E-state index contributed by atoms with van der Waals surface area (Å²) in [6.45, 7) is 0. The molecule has 0 amide bonds. The van der Waals surface area contributed by atoms with Crippen molar-refractivity contribution in [2.45, 2.75) is 44.1 Å². The Morgan fingerprint density at radius 1 is 0.780 bits per heavy atom. The first-order valence-electron chi connectivity index (χ1n) is 15.5. The first kappa shape index (κ1) is 23.6. The van der Waals surface area contributed by atoms with Gasteiger partial charge in [-0.15, -0.1) is 0 Å². The van der Waals surface area contributed by atoms with Crippen molar-refractivity contribution in [1.29, 1.82) is 0 Å².